The van der Waals surface area contributed by atoms with E-state index in [1.54, 1.807) is 0 Å². The third kappa shape index (κ3) is 27.5. The molecule has 0 saturated carbocycles. The van der Waals surface area contributed by atoms with E-state index < -0.39 is 0 Å². The van der Waals surface area contributed by atoms with Gasteiger partial charge in [0.25, 0.3) is 0 Å². The summed E-state index contributed by atoms with van der Waals surface area (Å²) in [5.41, 5.74) is 0. The summed E-state index contributed by atoms with van der Waals surface area (Å²) < 4.78 is 10.7. The summed E-state index contributed by atoms with van der Waals surface area (Å²) in [6, 6.07) is 0. The van der Waals surface area contributed by atoms with Gasteiger partial charge >= 0.3 is 11.9 Å². The molecule has 0 N–H and O–H groups in total. The van der Waals surface area contributed by atoms with Crippen LogP contribution in [0.3, 0.4) is 0 Å². The molecule has 214 valence electrons. The third-order valence-corrected chi connectivity index (χ3v) is 6.91. The number of hydrogen-bond donors (Lipinski definition) is 0. The van der Waals surface area contributed by atoms with Crippen LogP contribution < -0.4 is 0 Å². The fourth-order valence-corrected chi connectivity index (χ4v) is 4.80. The van der Waals surface area contributed by atoms with Gasteiger partial charge in [0.15, 0.2) is 0 Å². The van der Waals surface area contributed by atoms with Gasteiger partial charge in [-0.15, -0.1) is 0 Å². The molecule has 0 aliphatic heterocycles. The van der Waals surface area contributed by atoms with E-state index in [0.29, 0.717) is 38.2 Å². The van der Waals surface area contributed by atoms with Crippen molar-refractivity contribution in [1.29, 1.82) is 0 Å². The predicted octanol–water partition coefficient (Wildman–Crippen LogP) is 10.1. The molecule has 1 unspecified atom stereocenters. The topological polar surface area (TPSA) is 52.6 Å². The van der Waals surface area contributed by atoms with E-state index in [9.17, 15) is 9.59 Å². The Morgan fingerprint density at radius 1 is 0.528 bits per heavy atom. The predicted molar refractivity (Wildman–Crippen MR) is 153 cm³/mol. The molecule has 0 saturated heterocycles. The van der Waals surface area contributed by atoms with Gasteiger partial charge in [0.1, 0.15) is 0 Å². The van der Waals surface area contributed by atoms with Crippen LogP contribution in [0.2, 0.25) is 0 Å². The van der Waals surface area contributed by atoms with Gasteiger partial charge in [0.2, 0.25) is 0 Å². The van der Waals surface area contributed by atoms with Gasteiger partial charge in [-0.05, 0) is 38.5 Å². The van der Waals surface area contributed by atoms with Crippen molar-refractivity contribution in [1.82, 2.24) is 0 Å². The molecular weight excluding hydrogens is 448 g/mol. The first-order chi connectivity index (χ1) is 17.5. The molecule has 1 atom stereocenters. The fraction of sp³-hybridized carbons (Fsp3) is 0.938. The summed E-state index contributed by atoms with van der Waals surface area (Å²) in [5.74, 6) is 0.227. The Kier molecular flexibility index (Phi) is 26.2. The van der Waals surface area contributed by atoms with Crippen LogP contribution in [0.1, 0.15) is 175 Å². The zero-order valence-corrected chi connectivity index (χ0v) is 24.8. The Morgan fingerprint density at radius 3 is 1.33 bits per heavy atom. The minimum Gasteiger partial charge on any atom is -0.466 e. The molecule has 0 heterocycles. The monoisotopic (exact) mass is 510 g/mol. The lowest BCUT2D eigenvalue weighted by atomic mass is 10.0. The van der Waals surface area contributed by atoms with Crippen LogP contribution in [-0.2, 0) is 19.1 Å². The first-order valence-electron chi connectivity index (χ1n) is 15.8. The van der Waals surface area contributed by atoms with Crippen LogP contribution in [0.25, 0.3) is 0 Å². The van der Waals surface area contributed by atoms with Crippen LogP contribution in [0, 0.1) is 5.92 Å². The molecule has 0 fully saturated rings. The van der Waals surface area contributed by atoms with E-state index in [4.69, 9.17) is 9.47 Å². The minimum atomic E-state index is -0.157. The molecule has 36 heavy (non-hydrogen) atoms. The van der Waals surface area contributed by atoms with Crippen LogP contribution in [0.4, 0.5) is 0 Å². The second-order valence-electron chi connectivity index (χ2n) is 11.4. The van der Waals surface area contributed by atoms with Crippen molar-refractivity contribution in [2.75, 3.05) is 6.61 Å². The van der Waals surface area contributed by atoms with Gasteiger partial charge in [-0.1, -0.05) is 130 Å². The van der Waals surface area contributed by atoms with Gasteiger partial charge in [0, 0.05) is 12.8 Å². The van der Waals surface area contributed by atoms with Gasteiger partial charge < -0.3 is 9.47 Å². The maximum absolute atomic E-state index is 11.8. The summed E-state index contributed by atoms with van der Waals surface area (Å²) in [6.45, 7) is 9.00. The van der Waals surface area contributed by atoms with E-state index >= 15 is 0 Å². The molecule has 0 aliphatic carbocycles. The van der Waals surface area contributed by atoms with Gasteiger partial charge in [-0.2, -0.15) is 0 Å². The minimum absolute atomic E-state index is 0.0307. The van der Waals surface area contributed by atoms with Gasteiger partial charge in [0.05, 0.1) is 12.7 Å². The van der Waals surface area contributed by atoms with Crippen molar-refractivity contribution >= 4 is 11.9 Å². The first-order valence-corrected chi connectivity index (χ1v) is 15.8. The van der Waals surface area contributed by atoms with Crippen molar-refractivity contribution < 1.29 is 19.1 Å². The summed E-state index contributed by atoms with van der Waals surface area (Å²) in [4.78, 5) is 23.6. The largest absolute Gasteiger partial charge is 0.466 e. The smallest absolute Gasteiger partial charge is 0.306 e. The Balaban J connectivity index is 3.27. The van der Waals surface area contributed by atoms with Gasteiger partial charge in [-0.3, -0.25) is 9.59 Å². The molecule has 0 aromatic heterocycles. The maximum Gasteiger partial charge on any atom is 0.306 e. The highest BCUT2D eigenvalue weighted by Crippen LogP contribution is 2.15. The van der Waals surface area contributed by atoms with Crippen molar-refractivity contribution in [3.63, 3.8) is 0 Å². The molecule has 4 heteroatoms. The van der Waals surface area contributed by atoms with Gasteiger partial charge in [-0.25, -0.2) is 0 Å². The Bertz CT molecular complexity index is 489. The number of hydrogen-bond acceptors (Lipinski definition) is 4. The van der Waals surface area contributed by atoms with Crippen LogP contribution in [-0.4, -0.2) is 24.6 Å². The second kappa shape index (κ2) is 27.0. The number of carbonyl (C=O) groups is 2. The van der Waals surface area contributed by atoms with Crippen LogP contribution in [0.5, 0.6) is 0 Å². The summed E-state index contributed by atoms with van der Waals surface area (Å²) in [7, 11) is 0. The number of rotatable bonds is 27. The number of ether oxygens (including phenoxy) is 2. The molecule has 0 aromatic rings. The van der Waals surface area contributed by atoms with E-state index in [1.165, 1.54) is 103 Å². The molecule has 0 radical (unpaired) electrons. The summed E-state index contributed by atoms with van der Waals surface area (Å²) >= 11 is 0. The maximum atomic E-state index is 11.8. The van der Waals surface area contributed by atoms with E-state index in [1.807, 2.05) is 6.92 Å². The zero-order chi connectivity index (χ0) is 26.7. The molecule has 0 spiro atoms. The first kappa shape index (κ1) is 34.9. The standard InChI is InChI=1S/C32H62O4/c1-5-6-7-8-9-10-11-12-13-14-15-16-17-18-19-20-21-24-27-35-31(33)25-22-23-26-32(34)36-30(4)28-29(2)3/h29-30H,5-28H2,1-4H3. The Hall–Kier alpha value is -1.06. The lowest BCUT2D eigenvalue weighted by molar-refractivity contribution is -0.149. The fourth-order valence-electron chi connectivity index (χ4n) is 4.80. The molecule has 0 bridgehead atoms. The van der Waals surface area contributed by atoms with Crippen molar-refractivity contribution in [2.24, 2.45) is 5.92 Å². The highest BCUT2D eigenvalue weighted by Gasteiger charge is 2.11. The normalized spacial score (nSPS) is 12.1. The quantitative estimate of drug-likeness (QED) is 0.0814. The molecule has 4 nitrogen and oxygen atoms in total. The van der Waals surface area contributed by atoms with E-state index in [-0.39, 0.29) is 18.0 Å². The Morgan fingerprint density at radius 2 is 0.917 bits per heavy atom. The third-order valence-electron chi connectivity index (χ3n) is 6.91. The molecule has 0 aliphatic rings. The van der Waals surface area contributed by atoms with E-state index in [2.05, 4.69) is 20.8 Å². The Labute approximate surface area is 225 Å². The lowest BCUT2D eigenvalue weighted by Crippen LogP contribution is -2.16. The van der Waals surface area contributed by atoms with Crippen molar-refractivity contribution in [2.45, 2.75) is 181 Å². The SMILES string of the molecule is CCCCCCCCCCCCCCCCCCCCOC(=O)CCCCC(=O)OC(C)CC(C)C. The highest BCUT2D eigenvalue weighted by molar-refractivity contribution is 5.70. The molecule has 0 aromatic carbocycles. The molecular formula is C32H62O4. The summed E-state index contributed by atoms with van der Waals surface area (Å²) in [6.07, 6.45) is 27.4. The van der Waals surface area contributed by atoms with E-state index in [0.717, 1.165) is 19.3 Å². The number of carbonyl (C=O) groups excluding carboxylic acids is 2. The molecule has 0 amide bonds. The lowest BCUT2D eigenvalue weighted by Gasteiger charge is -2.15. The van der Waals surface area contributed by atoms with Crippen molar-refractivity contribution in [3.8, 4) is 0 Å². The number of esters is 2. The average Bonchev–Trinajstić information content (AvgIpc) is 2.82. The molecule has 0 rings (SSSR count). The van der Waals surface area contributed by atoms with Crippen LogP contribution in [0.15, 0.2) is 0 Å². The summed E-state index contributed by atoms with van der Waals surface area (Å²) in [5, 5.41) is 0. The van der Waals surface area contributed by atoms with Crippen molar-refractivity contribution in [3.05, 3.63) is 0 Å². The highest BCUT2D eigenvalue weighted by atomic mass is 16.5. The average molecular weight is 511 g/mol. The van der Waals surface area contributed by atoms with Crippen LogP contribution >= 0.6 is 0 Å². The zero-order valence-electron chi connectivity index (χ0n) is 24.8. The number of unbranched alkanes of at least 4 members (excludes halogenated alkanes) is 18. The second-order valence-corrected chi connectivity index (χ2v) is 11.4.